The molecule has 5 nitrogen and oxygen atoms in total. The van der Waals surface area contributed by atoms with Crippen molar-refractivity contribution < 1.29 is 13.7 Å². The molecule has 0 spiro atoms. The van der Waals surface area contributed by atoms with E-state index in [1.165, 1.54) is 12.1 Å². The molecular weight excluding hydrogens is 309 g/mol. The van der Waals surface area contributed by atoms with Gasteiger partial charge in [-0.2, -0.15) is 4.98 Å². The normalized spacial score (nSPS) is 10.6. The minimum atomic E-state index is -0.341. The number of nitrogens with one attached hydrogen (secondary N) is 1. The topological polar surface area (TPSA) is 68.0 Å². The summed E-state index contributed by atoms with van der Waals surface area (Å²) in [6.45, 7) is 3.89. The van der Waals surface area contributed by atoms with E-state index in [4.69, 9.17) is 4.52 Å². The maximum atomic E-state index is 12.9. The molecule has 3 aromatic rings. The molecule has 0 fully saturated rings. The summed E-state index contributed by atoms with van der Waals surface area (Å²) in [6, 6.07) is 11.6. The van der Waals surface area contributed by atoms with Gasteiger partial charge < -0.3 is 9.84 Å². The second-order valence-electron chi connectivity index (χ2n) is 5.57. The maximum absolute atomic E-state index is 12.9. The van der Waals surface area contributed by atoms with E-state index in [1.54, 1.807) is 12.1 Å². The van der Waals surface area contributed by atoms with Gasteiger partial charge in [-0.15, -0.1) is 0 Å². The molecule has 2 aromatic carbocycles. The Hall–Kier alpha value is -3.02. The molecule has 3 rings (SSSR count). The highest BCUT2D eigenvalue weighted by atomic mass is 19.1. The number of benzene rings is 2. The van der Waals surface area contributed by atoms with Crippen molar-refractivity contribution in [2.24, 2.45) is 0 Å². The third-order valence-electron chi connectivity index (χ3n) is 3.55. The standard InChI is InChI=1S/C18H16FN3O2/c1-11-3-4-12(2)15(9-11)20-17(23)10-16-21-18(24-22-16)13-5-7-14(19)8-6-13/h3-9H,10H2,1-2H3,(H,20,23). The lowest BCUT2D eigenvalue weighted by atomic mass is 10.1. The molecule has 0 unspecified atom stereocenters. The SMILES string of the molecule is Cc1ccc(C)c(NC(=O)Cc2noc(-c3ccc(F)cc3)n2)c1. The number of aromatic nitrogens is 2. The molecule has 1 aromatic heterocycles. The van der Waals surface area contributed by atoms with Crippen molar-refractivity contribution in [2.45, 2.75) is 20.3 Å². The molecule has 6 heteroatoms. The minimum absolute atomic E-state index is 0.00191. The summed E-state index contributed by atoms with van der Waals surface area (Å²) >= 11 is 0. The number of anilines is 1. The molecule has 0 saturated heterocycles. The van der Waals surface area contributed by atoms with Crippen molar-refractivity contribution in [1.29, 1.82) is 0 Å². The van der Waals surface area contributed by atoms with E-state index in [-0.39, 0.29) is 29.9 Å². The fourth-order valence-corrected chi connectivity index (χ4v) is 2.24. The monoisotopic (exact) mass is 325 g/mol. The Morgan fingerprint density at radius 2 is 1.92 bits per heavy atom. The first-order valence-electron chi connectivity index (χ1n) is 7.47. The quantitative estimate of drug-likeness (QED) is 0.794. The lowest BCUT2D eigenvalue weighted by molar-refractivity contribution is -0.115. The first kappa shape index (κ1) is 15.9. The summed E-state index contributed by atoms with van der Waals surface area (Å²) in [5, 5.41) is 6.64. The van der Waals surface area contributed by atoms with Crippen LogP contribution >= 0.6 is 0 Å². The molecule has 0 saturated carbocycles. The van der Waals surface area contributed by atoms with Crippen LogP contribution in [0.1, 0.15) is 17.0 Å². The van der Waals surface area contributed by atoms with Crippen LogP contribution in [0, 0.1) is 19.7 Å². The summed E-state index contributed by atoms with van der Waals surface area (Å²) < 4.78 is 18.0. The lowest BCUT2D eigenvalue weighted by Crippen LogP contribution is -2.16. The van der Waals surface area contributed by atoms with Gasteiger partial charge in [-0.05, 0) is 55.3 Å². The van der Waals surface area contributed by atoms with Gasteiger partial charge in [0.05, 0.1) is 6.42 Å². The number of halogens is 1. The number of amides is 1. The van der Waals surface area contributed by atoms with E-state index < -0.39 is 0 Å². The zero-order chi connectivity index (χ0) is 17.1. The minimum Gasteiger partial charge on any atom is -0.334 e. The summed E-state index contributed by atoms with van der Waals surface area (Å²) in [4.78, 5) is 16.3. The van der Waals surface area contributed by atoms with Crippen LogP contribution in [0.25, 0.3) is 11.5 Å². The van der Waals surface area contributed by atoms with Crippen LogP contribution in [0.3, 0.4) is 0 Å². The average Bonchev–Trinajstić information content (AvgIpc) is 3.00. The Bertz CT molecular complexity index is 872. The number of nitrogens with zero attached hydrogens (tertiary/aromatic N) is 2. The molecule has 0 aliphatic carbocycles. The number of carbonyl (C=O) groups is 1. The third-order valence-corrected chi connectivity index (χ3v) is 3.55. The first-order chi connectivity index (χ1) is 11.5. The fourth-order valence-electron chi connectivity index (χ4n) is 2.24. The van der Waals surface area contributed by atoms with E-state index >= 15 is 0 Å². The Morgan fingerprint density at radius 3 is 2.67 bits per heavy atom. The van der Waals surface area contributed by atoms with Gasteiger partial charge in [-0.25, -0.2) is 4.39 Å². The van der Waals surface area contributed by atoms with E-state index in [9.17, 15) is 9.18 Å². The van der Waals surface area contributed by atoms with Crippen LogP contribution < -0.4 is 5.32 Å². The first-order valence-corrected chi connectivity index (χ1v) is 7.47. The van der Waals surface area contributed by atoms with Gasteiger partial charge in [0, 0.05) is 11.3 Å². The van der Waals surface area contributed by atoms with Crippen molar-refractivity contribution in [2.75, 3.05) is 5.32 Å². The smallest absolute Gasteiger partial charge is 0.257 e. The van der Waals surface area contributed by atoms with Gasteiger partial charge in [-0.3, -0.25) is 4.79 Å². The van der Waals surface area contributed by atoms with E-state index in [0.29, 0.717) is 5.56 Å². The van der Waals surface area contributed by atoms with Crippen LogP contribution in [0.2, 0.25) is 0 Å². The average molecular weight is 325 g/mol. The Kier molecular flexibility index (Phi) is 4.37. The predicted octanol–water partition coefficient (Wildman–Crippen LogP) is 3.67. The van der Waals surface area contributed by atoms with Gasteiger partial charge in [0.25, 0.3) is 5.89 Å². The van der Waals surface area contributed by atoms with Crippen molar-refractivity contribution in [3.05, 3.63) is 65.2 Å². The molecule has 0 aliphatic heterocycles. The number of hydrogen-bond acceptors (Lipinski definition) is 4. The van der Waals surface area contributed by atoms with E-state index in [2.05, 4.69) is 15.5 Å². The van der Waals surface area contributed by atoms with Gasteiger partial charge in [-0.1, -0.05) is 17.3 Å². The van der Waals surface area contributed by atoms with Gasteiger partial charge in [0.15, 0.2) is 5.82 Å². The number of hydrogen-bond donors (Lipinski definition) is 1. The van der Waals surface area contributed by atoms with Crippen LogP contribution in [-0.4, -0.2) is 16.0 Å². The number of aryl methyl sites for hydroxylation is 2. The number of carbonyl (C=O) groups excluding carboxylic acids is 1. The van der Waals surface area contributed by atoms with Crippen molar-refractivity contribution in [1.82, 2.24) is 10.1 Å². The molecule has 0 radical (unpaired) electrons. The Morgan fingerprint density at radius 1 is 1.17 bits per heavy atom. The zero-order valence-corrected chi connectivity index (χ0v) is 13.3. The largest absolute Gasteiger partial charge is 0.334 e. The fraction of sp³-hybridized carbons (Fsp3) is 0.167. The van der Waals surface area contributed by atoms with Crippen LogP contribution in [0.15, 0.2) is 47.0 Å². The summed E-state index contributed by atoms with van der Waals surface area (Å²) in [5.41, 5.74) is 3.41. The molecule has 1 N–H and O–H groups in total. The predicted molar refractivity (Wildman–Crippen MR) is 87.9 cm³/mol. The van der Waals surface area contributed by atoms with E-state index in [1.807, 2.05) is 32.0 Å². The second-order valence-corrected chi connectivity index (χ2v) is 5.57. The third kappa shape index (κ3) is 3.65. The van der Waals surface area contributed by atoms with Crippen LogP contribution in [0.5, 0.6) is 0 Å². The highest BCUT2D eigenvalue weighted by Gasteiger charge is 2.13. The maximum Gasteiger partial charge on any atom is 0.257 e. The van der Waals surface area contributed by atoms with E-state index in [0.717, 1.165) is 16.8 Å². The number of rotatable bonds is 4. The van der Waals surface area contributed by atoms with Crippen molar-refractivity contribution in [3.63, 3.8) is 0 Å². The summed E-state index contributed by atoms with van der Waals surface area (Å²) in [5.74, 6) is -0.0387. The van der Waals surface area contributed by atoms with Gasteiger partial charge in [0.2, 0.25) is 5.91 Å². The van der Waals surface area contributed by atoms with Crippen molar-refractivity contribution >= 4 is 11.6 Å². The molecule has 1 amide bonds. The Balaban J connectivity index is 1.69. The van der Waals surface area contributed by atoms with Crippen LogP contribution in [-0.2, 0) is 11.2 Å². The van der Waals surface area contributed by atoms with Gasteiger partial charge in [0.1, 0.15) is 5.82 Å². The molecule has 1 heterocycles. The lowest BCUT2D eigenvalue weighted by Gasteiger charge is -2.08. The molecule has 0 atom stereocenters. The molecule has 0 bridgehead atoms. The summed E-state index contributed by atoms with van der Waals surface area (Å²) in [7, 11) is 0. The van der Waals surface area contributed by atoms with Crippen LogP contribution in [0.4, 0.5) is 10.1 Å². The molecule has 24 heavy (non-hydrogen) atoms. The summed E-state index contributed by atoms with van der Waals surface area (Å²) in [6.07, 6.45) is -0.00191. The van der Waals surface area contributed by atoms with Crippen molar-refractivity contribution in [3.8, 4) is 11.5 Å². The molecule has 0 aliphatic rings. The highest BCUT2D eigenvalue weighted by molar-refractivity contribution is 5.92. The second kappa shape index (κ2) is 6.62. The molecular formula is C18H16FN3O2. The Labute approximate surface area is 138 Å². The van der Waals surface area contributed by atoms with Gasteiger partial charge >= 0.3 is 0 Å². The highest BCUT2D eigenvalue weighted by Crippen LogP contribution is 2.19. The molecule has 122 valence electrons. The zero-order valence-electron chi connectivity index (χ0n) is 13.3.